The van der Waals surface area contributed by atoms with Gasteiger partial charge in [-0.25, -0.2) is 0 Å². The first kappa shape index (κ1) is 10.8. The summed E-state index contributed by atoms with van der Waals surface area (Å²) < 4.78 is 11.0. The average Bonchev–Trinajstić information content (AvgIpc) is 2.90. The van der Waals surface area contributed by atoms with Crippen molar-refractivity contribution in [1.29, 1.82) is 0 Å². The number of hydrogen-bond donors (Lipinski definition) is 0. The second-order valence-corrected chi connectivity index (χ2v) is 5.12. The van der Waals surface area contributed by atoms with Gasteiger partial charge < -0.3 is 14.1 Å². The van der Waals surface area contributed by atoms with Crippen LogP contribution >= 0.6 is 0 Å². The molecule has 2 aliphatic rings. The quantitative estimate of drug-likeness (QED) is 0.746. The standard InChI is InChI=1S/C13H17NO3/c1-8-3-4-16-12(8)13(15)14-6-10-5-9(2)17-11(10)7-14/h3-4,9-11H,5-7H2,1-2H3/t9-,10+,11-/m0/s1. The summed E-state index contributed by atoms with van der Waals surface area (Å²) in [6, 6.07) is 1.82. The van der Waals surface area contributed by atoms with Crippen LogP contribution in [0.5, 0.6) is 0 Å². The summed E-state index contributed by atoms with van der Waals surface area (Å²) in [4.78, 5) is 14.1. The normalized spacial score (nSPS) is 31.9. The van der Waals surface area contributed by atoms with Crippen LogP contribution in [0.2, 0.25) is 0 Å². The molecular formula is C13H17NO3. The van der Waals surface area contributed by atoms with Crippen molar-refractivity contribution < 1.29 is 13.9 Å². The predicted molar refractivity (Wildman–Crippen MR) is 61.8 cm³/mol. The zero-order valence-corrected chi connectivity index (χ0v) is 10.2. The molecule has 0 radical (unpaired) electrons. The van der Waals surface area contributed by atoms with Gasteiger partial charge in [-0.1, -0.05) is 0 Å². The molecule has 17 heavy (non-hydrogen) atoms. The van der Waals surface area contributed by atoms with E-state index in [0.717, 1.165) is 18.5 Å². The molecule has 2 aliphatic heterocycles. The van der Waals surface area contributed by atoms with E-state index in [1.807, 2.05) is 17.9 Å². The van der Waals surface area contributed by atoms with Gasteiger partial charge in [0.25, 0.3) is 5.91 Å². The van der Waals surface area contributed by atoms with E-state index in [2.05, 4.69) is 6.92 Å². The van der Waals surface area contributed by atoms with Crippen LogP contribution in [0.4, 0.5) is 0 Å². The Bertz CT molecular complexity index is 426. The lowest BCUT2D eigenvalue weighted by molar-refractivity contribution is 0.0433. The van der Waals surface area contributed by atoms with Gasteiger partial charge in [0.1, 0.15) is 0 Å². The smallest absolute Gasteiger partial charge is 0.289 e. The highest BCUT2D eigenvalue weighted by molar-refractivity contribution is 5.93. The molecule has 1 amide bonds. The number of carbonyl (C=O) groups is 1. The Morgan fingerprint density at radius 1 is 1.47 bits per heavy atom. The third-order valence-electron chi connectivity index (χ3n) is 3.77. The number of ether oxygens (including phenoxy) is 1. The number of nitrogens with zero attached hydrogens (tertiary/aromatic N) is 1. The predicted octanol–water partition coefficient (Wildman–Crippen LogP) is 1.84. The van der Waals surface area contributed by atoms with Crippen LogP contribution in [0.1, 0.15) is 29.5 Å². The van der Waals surface area contributed by atoms with Crippen molar-refractivity contribution >= 4 is 5.91 Å². The van der Waals surface area contributed by atoms with Gasteiger partial charge in [0.05, 0.1) is 18.5 Å². The largest absolute Gasteiger partial charge is 0.459 e. The van der Waals surface area contributed by atoms with Crippen molar-refractivity contribution in [2.75, 3.05) is 13.1 Å². The lowest BCUT2D eigenvalue weighted by Gasteiger charge is -2.17. The number of amides is 1. The maximum Gasteiger partial charge on any atom is 0.289 e. The monoisotopic (exact) mass is 235 g/mol. The van der Waals surface area contributed by atoms with E-state index in [0.29, 0.717) is 24.3 Å². The van der Waals surface area contributed by atoms with Crippen molar-refractivity contribution in [2.24, 2.45) is 5.92 Å². The molecule has 3 rings (SSSR count). The van der Waals surface area contributed by atoms with Crippen molar-refractivity contribution in [3.8, 4) is 0 Å². The number of aryl methyl sites for hydroxylation is 1. The van der Waals surface area contributed by atoms with Crippen molar-refractivity contribution in [3.63, 3.8) is 0 Å². The molecule has 2 saturated heterocycles. The fourth-order valence-corrected chi connectivity index (χ4v) is 2.90. The number of carbonyl (C=O) groups excluding carboxylic acids is 1. The van der Waals surface area contributed by atoms with Gasteiger partial charge in [0.15, 0.2) is 5.76 Å². The fraction of sp³-hybridized carbons (Fsp3) is 0.615. The Kier molecular flexibility index (Phi) is 2.47. The lowest BCUT2D eigenvalue weighted by atomic mass is 10.0. The summed E-state index contributed by atoms with van der Waals surface area (Å²) in [5, 5.41) is 0. The molecule has 0 aromatic carbocycles. The van der Waals surface area contributed by atoms with Crippen LogP contribution in [0.3, 0.4) is 0 Å². The Morgan fingerprint density at radius 3 is 2.94 bits per heavy atom. The van der Waals surface area contributed by atoms with E-state index in [1.54, 1.807) is 6.26 Å². The zero-order chi connectivity index (χ0) is 12.0. The average molecular weight is 235 g/mol. The van der Waals surface area contributed by atoms with Gasteiger partial charge in [-0.2, -0.15) is 0 Å². The maximum absolute atomic E-state index is 12.2. The number of fused-ring (bicyclic) bond motifs is 1. The van der Waals surface area contributed by atoms with Crippen molar-refractivity contribution in [2.45, 2.75) is 32.5 Å². The first-order valence-corrected chi connectivity index (χ1v) is 6.14. The Hall–Kier alpha value is -1.29. The number of likely N-dealkylation sites (tertiary alicyclic amines) is 1. The third-order valence-corrected chi connectivity index (χ3v) is 3.77. The molecule has 1 aromatic rings. The molecule has 2 fully saturated rings. The van der Waals surface area contributed by atoms with Crippen LogP contribution in [0.25, 0.3) is 0 Å². The van der Waals surface area contributed by atoms with Gasteiger partial charge in [-0.05, 0) is 26.3 Å². The van der Waals surface area contributed by atoms with E-state index >= 15 is 0 Å². The minimum Gasteiger partial charge on any atom is -0.459 e. The Labute approximate surface area is 101 Å². The molecule has 0 N–H and O–H groups in total. The van der Waals surface area contributed by atoms with Gasteiger partial charge in [-0.3, -0.25) is 4.79 Å². The van der Waals surface area contributed by atoms with Gasteiger partial charge >= 0.3 is 0 Å². The van der Waals surface area contributed by atoms with E-state index in [4.69, 9.17) is 9.15 Å². The number of rotatable bonds is 1. The molecule has 3 atom stereocenters. The maximum atomic E-state index is 12.2. The lowest BCUT2D eigenvalue weighted by Crippen LogP contribution is -2.31. The summed E-state index contributed by atoms with van der Waals surface area (Å²) in [6.45, 7) is 5.50. The Morgan fingerprint density at radius 2 is 2.29 bits per heavy atom. The van der Waals surface area contributed by atoms with E-state index in [-0.39, 0.29) is 12.0 Å². The SMILES string of the molecule is Cc1ccoc1C(=O)N1C[C@H]2C[C@H](C)O[C@H]2C1. The number of hydrogen-bond acceptors (Lipinski definition) is 3. The summed E-state index contributed by atoms with van der Waals surface area (Å²) in [6.07, 6.45) is 3.20. The topological polar surface area (TPSA) is 42.7 Å². The molecular weight excluding hydrogens is 218 g/mol. The number of furan rings is 1. The molecule has 0 bridgehead atoms. The molecule has 0 spiro atoms. The molecule has 92 valence electrons. The van der Waals surface area contributed by atoms with Gasteiger partial charge in [0, 0.05) is 24.6 Å². The summed E-state index contributed by atoms with van der Waals surface area (Å²) in [5.74, 6) is 0.973. The highest BCUT2D eigenvalue weighted by atomic mass is 16.5. The van der Waals surface area contributed by atoms with Gasteiger partial charge in [0.2, 0.25) is 0 Å². The first-order chi connectivity index (χ1) is 8.15. The van der Waals surface area contributed by atoms with E-state index in [9.17, 15) is 4.79 Å². The summed E-state index contributed by atoms with van der Waals surface area (Å²) in [7, 11) is 0. The Balaban J connectivity index is 1.72. The summed E-state index contributed by atoms with van der Waals surface area (Å²) >= 11 is 0. The molecule has 0 saturated carbocycles. The highest BCUT2D eigenvalue weighted by Gasteiger charge is 2.42. The second kappa shape index (κ2) is 3.88. The molecule has 4 nitrogen and oxygen atoms in total. The molecule has 0 unspecified atom stereocenters. The van der Waals surface area contributed by atoms with Crippen molar-refractivity contribution in [1.82, 2.24) is 4.90 Å². The molecule has 1 aromatic heterocycles. The third kappa shape index (κ3) is 1.76. The summed E-state index contributed by atoms with van der Waals surface area (Å²) in [5.41, 5.74) is 0.904. The van der Waals surface area contributed by atoms with E-state index in [1.165, 1.54) is 0 Å². The first-order valence-electron chi connectivity index (χ1n) is 6.14. The molecule has 3 heterocycles. The minimum atomic E-state index is -0.00171. The van der Waals surface area contributed by atoms with Crippen LogP contribution < -0.4 is 0 Å². The molecule has 4 heteroatoms. The van der Waals surface area contributed by atoms with Crippen LogP contribution in [-0.2, 0) is 4.74 Å². The van der Waals surface area contributed by atoms with Crippen LogP contribution in [-0.4, -0.2) is 36.1 Å². The van der Waals surface area contributed by atoms with Gasteiger partial charge in [-0.15, -0.1) is 0 Å². The second-order valence-electron chi connectivity index (χ2n) is 5.12. The fourth-order valence-electron chi connectivity index (χ4n) is 2.90. The zero-order valence-electron chi connectivity index (χ0n) is 10.2. The van der Waals surface area contributed by atoms with Crippen LogP contribution in [0.15, 0.2) is 16.7 Å². The van der Waals surface area contributed by atoms with E-state index < -0.39 is 0 Å². The van der Waals surface area contributed by atoms with Crippen LogP contribution in [0, 0.1) is 12.8 Å². The van der Waals surface area contributed by atoms with Crippen molar-refractivity contribution in [3.05, 3.63) is 23.7 Å². The minimum absolute atomic E-state index is 0.00171. The highest BCUT2D eigenvalue weighted by Crippen LogP contribution is 2.33. The molecule has 0 aliphatic carbocycles.